The predicted octanol–water partition coefficient (Wildman–Crippen LogP) is 4.45. The maximum atomic E-state index is 11.9. The number of benzene rings is 2. The molecule has 0 spiro atoms. The molecule has 5 nitrogen and oxygen atoms in total. The van der Waals surface area contributed by atoms with Crippen molar-refractivity contribution in [1.82, 2.24) is 0 Å². The maximum absolute atomic E-state index is 11.9. The van der Waals surface area contributed by atoms with Crippen LogP contribution in [-0.4, -0.2) is 4.89 Å². The zero-order chi connectivity index (χ0) is 15.5. The predicted molar refractivity (Wildman–Crippen MR) is 79.5 cm³/mol. The fourth-order valence-electron chi connectivity index (χ4n) is 1.56. The number of aryl methyl sites for hydroxylation is 1. The first kappa shape index (κ1) is 15.9. The van der Waals surface area contributed by atoms with E-state index in [1.807, 2.05) is 0 Å². The molecule has 0 amide bonds. The van der Waals surface area contributed by atoms with Gasteiger partial charge < -0.3 is 9.41 Å². The molecule has 2 aromatic carbocycles. The third-order valence-electron chi connectivity index (χ3n) is 2.75. The Morgan fingerprint density at radius 3 is 2.43 bits per heavy atom. The van der Waals surface area contributed by atoms with Crippen molar-refractivity contribution in [2.24, 2.45) is 0 Å². The van der Waals surface area contributed by atoms with E-state index in [1.54, 1.807) is 56.3 Å². The normalized spacial score (nSPS) is 13.5. The van der Waals surface area contributed by atoms with E-state index < -0.39 is 7.82 Å². The molecule has 2 rings (SSSR count). The van der Waals surface area contributed by atoms with E-state index in [2.05, 4.69) is 4.67 Å². The standard InChI is InChI=1S/C14H14ClO5P/c1-10-6-3-4-8-13(10)19-21(16,17)20-18-14-9-5-7-12(15)11(14)2/h3-9H,1-2H3,(H,16,17). The van der Waals surface area contributed by atoms with Gasteiger partial charge in [0, 0.05) is 10.6 Å². The summed E-state index contributed by atoms with van der Waals surface area (Å²) in [6.45, 7) is 3.45. The van der Waals surface area contributed by atoms with Gasteiger partial charge in [0.1, 0.15) is 5.75 Å². The minimum Gasteiger partial charge on any atom is -0.402 e. The van der Waals surface area contributed by atoms with E-state index in [-0.39, 0.29) is 11.5 Å². The molecule has 0 aromatic heterocycles. The summed E-state index contributed by atoms with van der Waals surface area (Å²) in [6, 6.07) is 11.7. The first-order chi connectivity index (χ1) is 9.89. The van der Waals surface area contributed by atoms with Gasteiger partial charge in [-0.1, -0.05) is 40.5 Å². The third-order valence-corrected chi connectivity index (χ3v) is 3.85. The van der Waals surface area contributed by atoms with Crippen molar-refractivity contribution in [2.75, 3.05) is 0 Å². The minimum atomic E-state index is -4.41. The lowest BCUT2D eigenvalue weighted by molar-refractivity contribution is -0.121. The average Bonchev–Trinajstić information content (AvgIpc) is 2.43. The average molecular weight is 329 g/mol. The zero-order valence-electron chi connectivity index (χ0n) is 11.4. The number of phosphoric acid groups is 1. The molecule has 1 atom stereocenters. The molecule has 0 aliphatic carbocycles. The lowest BCUT2D eigenvalue weighted by atomic mass is 10.2. The molecule has 0 radical (unpaired) electrons. The van der Waals surface area contributed by atoms with Crippen LogP contribution in [0.3, 0.4) is 0 Å². The number of hydrogen-bond donors (Lipinski definition) is 1. The lowest BCUT2D eigenvalue weighted by Crippen LogP contribution is -2.02. The molecule has 112 valence electrons. The first-order valence-corrected chi connectivity index (χ1v) is 7.96. The van der Waals surface area contributed by atoms with Crippen LogP contribution in [0.15, 0.2) is 42.5 Å². The smallest absolute Gasteiger partial charge is 0.402 e. The van der Waals surface area contributed by atoms with Crippen LogP contribution in [-0.2, 0) is 9.24 Å². The molecule has 0 saturated heterocycles. The van der Waals surface area contributed by atoms with Crippen molar-refractivity contribution >= 4 is 19.4 Å². The summed E-state index contributed by atoms with van der Waals surface area (Å²) in [5.74, 6) is 0.486. The number of halogens is 1. The van der Waals surface area contributed by atoms with Crippen LogP contribution < -0.4 is 9.41 Å². The van der Waals surface area contributed by atoms with Crippen LogP contribution in [0, 0.1) is 13.8 Å². The molecule has 0 aliphatic rings. The number of hydrogen-bond acceptors (Lipinski definition) is 4. The van der Waals surface area contributed by atoms with Crippen LogP contribution in [0.25, 0.3) is 0 Å². The van der Waals surface area contributed by atoms with E-state index in [9.17, 15) is 9.46 Å². The highest BCUT2D eigenvalue weighted by Crippen LogP contribution is 2.45. The number of rotatable bonds is 5. The third kappa shape index (κ3) is 4.22. The van der Waals surface area contributed by atoms with Crippen LogP contribution in [0.2, 0.25) is 5.02 Å². The molecule has 0 aliphatic heterocycles. The fraction of sp³-hybridized carbons (Fsp3) is 0.143. The van der Waals surface area contributed by atoms with E-state index in [4.69, 9.17) is 21.0 Å². The Morgan fingerprint density at radius 1 is 1.05 bits per heavy atom. The first-order valence-electron chi connectivity index (χ1n) is 6.08. The zero-order valence-corrected chi connectivity index (χ0v) is 13.1. The van der Waals surface area contributed by atoms with E-state index >= 15 is 0 Å². The van der Waals surface area contributed by atoms with Gasteiger partial charge in [-0.15, -0.1) is 0 Å². The highest BCUT2D eigenvalue weighted by Gasteiger charge is 2.27. The Kier molecular flexibility index (Phi) is 4.91. The molecule has 0 saturated carbocycles. The van der Waals surface area contributed by atoms with Crippen LogP contribution >= 0.6 is 19.4 Å². The summed E-state index contributed by atoms with van der Waals surface area (Å²) in [5, 5.41) is 0.462. The van der Waals surface area contributed by atoms with Crippen LogP contribution in [0.4, 0.5) is 0 Å². The van der Waals surface area contributed by atoms with E-state index in [0.717, 1.165) is 0 Å². The quantitative estimate of drug-likeness (QED) is 0.499. The van der Waals surface area contributed by atoms with Crippen molar-refractivity contribution in [3.8, 4) is 11.5 Å². The Bertz CT molecular complexity index is 689. The van der Waals surface area contributed by atoms with Gasteiger partial charge in [-0.05, 0) is 37.6 Å². The number of phosphoric ester groups is 1. The van der Waals surface area contributed by atoms with Crippen molar-refractivity contribution in [3.05, 3.63) is 58.6 Å². The second kappa shape index (κ2) is 6.50. The monoisotopic (exact) mass is 328 g/mol. The number of para-hydroxylation sites is 1. The highest BCUT2D eigenvalue weighted by atomic mass is 35.5. The van der Waals surface area contributed by atoms with Gasteiger partial charge in [-0.2, -0.15) is 0 Å². The van der Waals surface area contributed by atoms with Crippen LogP contribution in [0.1, 0.15) is 11.1 Å². The maximum Gasteiger partial charge on any atom is 0.564 e. The summed E-state index contributed by atoms with van der Waals surface area (Å²) in [6.07, 6.45) is 0. The Hall–Kier alpha value is -1.52. The molecule has 1 N–H and O–H groups in total. The van der Waals surface area contributed by atoms with Gasteiger partial charge in [0.25, 0.3) is 0 Å². The summed E-state index contributed by atoms with van der Waals surface area (Å²) in [5.41, 5.74) is 1.30. The van der Waals surface area contributed by atoms with E-state index in [0.29, 0.717) is 16.1 Å². The summed E-state index contributed by atoms with van der Waals surface area (Å²) < 4.78 is 21.4. The second-order valence-corrected chi connectivity index (χ2v) is 6.02. The van der Waals surface area contributed by atoms with Gasteiger partial charge in [0.05, 0.1) is 0 Å². The highest BCUT2D eigenvalue weighted by molar-refractivity contribution is 7.47. The van der Waals surface area contributed by atoms with E-state index in [1.165, 1.54) is 0 Å². The molecule has 0 fully saturated rings. The lowest BCUT2D eigenvalue weighted by Gasteiger charge is -2.14. The molecule has 0 bridgehead atoms. The Balaban J connectivity index is 2.06. The topological polar surface area (TPSA) is 65.0 Å². The van der Waals surface area contributed by atoms with Crippen molar-refractivity contribution < 1.29 is 23.5 Å². The molecule has 0 heterocycles. The Labute approximate surface area is 127 Å². The van der Waals surface area contributed by atoms with Gasteiger partial charge in [0.15, 0.2) is 5.75 Å². The van der Waals surface area contributed by atoms with Gasteiger partial charge in [0.2, 0.25) is 0 Å². The second-order valence-electron chi connectivity index (χ2n) is 4.35. The van der Waals surface area contributed by atoms with Crippen molar-refractivity contribution in [2.45, 2.75) is 13.8 Å². The molecule has 7 heteroatoms. The summed E-state index contributed by atoms with van der Waals surface area (Å²) in [7, 11) is -4.41. The van der Waals surface area contributed by atoms with Gasteiger partial charge in [-0.3, -0.25) is 4.89 Å². The molecule has 21 heavy (non-hydrogen) atoms. The summed E-state index contributed by atoms with van der Waals surface area (Å²) in [4.78, 5) is 14.5. The molecule has 1 unspecified atom stereocenters. The molecular formula is C14H14ClO5P. The van der Waals surface area contributed by atoms with Crippen molar-refractivity contribution in [1.29, 1.82) is 0 Å². The van der Waals surface area contributed by atoms with Crippen molar-refractivity contribution in [3.63, 3.8) is 0 Å². The SMILES string of the molecule is Cc1ccccc1OP(=O)(O)OOc1cccc(Cl)c1C. The molecule has 2 aromatic rings. The van der Waals surface area contributed by atoms with Gasteiger partial charge in [-0.25, -0.2) is 4.57 Å². The molecular weight excluding hydrogens is 315 g/mol. The van der Waals surface area contributed by atoms with Gasteiger partial charge >= 0.3 is 7.82 Å². The minimum absolute atomic E-state index is 0.241. The van der Waals surface area contributed by atoms with Crippen LogP contribution in [0.5, 0.6) is 11.5 Å². The fourth-order valence-corrected chi connectivity index (χ4v) is 2.39. The Morgan fingerprint density at radius 2 is 1.71 bits per heavy atom. The summed E-state index contributed by atoms with van der Waals surface area (Å²) >= 11 is 5.92. The largest absolute Gasteiger partial charge is 0.564 e.